The second-order valence-electron chi connectivity index (χ2n) is 3.31. The Bertz CT molecular complexity index is 532. The number of benzene rings is 1. The van der Waals surface area contributed by atoms with Gasteiger partial charge in [0.15, 0.2) is 0 Å². The van der Waals surface area contributed by atoms with Crippen LogP contribution in [0.3, 0.4) is 0 Å². The maximum Gasteiger partial charge on any atom is 0.342 e. The van der Waals surface area contributed by atoms with Crippen molar-refractivity contribution in [1.29, 1.82) is 0 Å². The van der Waals surface area contributed by atoms with Crippen LogP contribution in [0, 0.1) is 6.92 Å². The van der Waals surface area contributed by atoms with Crippen LogP contribution in [0.1, 0.15) is 29.8 Å². The van der Waals surface area contributed by atoms with E-state index in [2.05, 4.69) is 14.9 Å². The number of hydrogen-bond acceptors (Lipinski definition) is 4. The molecule has 0 aliphatic carbocycles. The molecule has 3 N–H and O–H groups in total. The van der Waals surface area contributed by atoms with Crippen LogP contribution >= 0.6 is 0 Å². The van der Waals surface area contributed by atoms with Crippen molar-refractivity contribution in [3.05, 3.63) is 23.4 Å². The van der Waals surface area contributed by atoms with E-state index in [1.807, 2.05) is 26.8 Å². The summed E-state index contributed by atoms with van der Waals surface area (Å²) < 4.78 is 4.68. The monoisotopic (exact) mass is 235 g/mol. The Morgan fingerprint density at radius 3 is 2.71 bits per heavy atom. The van der Waals surface area contributed by atoms with E-state index >= 15 is 0 Å². The first-order valence-electron chi connectivity index (χ1n) is 5.45. The van der Waals surface area contributed by atoms with Gasteiger partial charge in [-0.25, -0.2) is 4.79 Å². The minimum atomic E-state index is -0.453. The van der Waals surface area contributed by atoms with Gasteiger partial charge in [-0.2, -0.15) is 5.10 Å². The quantitative estimate of drug-likeness (QED) is 0.587. The highest BCUT2D eigenvalue weighted by molar-refractivity contribution is 6.08. The summed E-state index contributed by atoms with van der Waals surface area (Å²) in [6.45, 7) is 5.84. The maximum absolute atomic E-state index is 11.5. The fourth-order valence-electron chi connectivity index (χ4n) is 1.56. The number of nitrogen functional groups attached to an aromatic ring is 1. The summed E-state index contributed by atoms with van der Waals surface area (Å²) in [5, 5.41) is 7.46. The molecule has 0 atom stereocenters. The van der Waals surface area contributed by atoms with Crippen molar-refractivity contribution in [3.63, 3.8) is 0 Å². The van der Waals surface area contributed by atoms with Gasteiger partial charge in [-0.15, -0.1) is 0 Å². The summed E-state index contributed by atoms with van der Waals surface area (Å²) in [5.74, 6) is -0.453. The van der Waals surface area contributed by atoms with E-state index in [0.717, 1.165) is 10.9 Å². The largest absolute Gasteiger partial charge is 0.465 e. The van der Waals surface area contributed by atoms with E-state index in [-0.39, 0.29) is 0 Å². The smallest absolute Gasteiger partial charge is 0.342 e. The number of carbonyl (C=O) groups excluding carboxylic acids is 1. The third-order valence-corrected chi connectivity index (χ3v) is 2.37. The molecule has 0 aliphatic heterocycles. The fraction of sp³-hybridized carbons (Fsp3) is 0.333. The highest BCUT2D eigenvalue weighted by atomic mass is 16.5. The predicted octanol–water partition coefficient (Wildman–Crippen LogP) is 2.27. The molecule has 5 nitrogen and oxygen atoms in total. The summed E-state index contributed by atoms with van der Waals surface area (Å²) in [6.07, 6.45) is 1.65. The molecule has 0 saturated heterocycles. The molecule has 2 aromatic rings. The highest BCUT2D eigenvalue weighted by Gasteiger charge is 2.17. The molecule has 17 heavy (non-hydrogen) atoms. The van der Waals surface area contributed by atoms with Crippen molar-refractivity contribution in [1.82, 2.24) is 10.2 Å². The van der Waals surface area contributed by atoms with Gasteiger partial charge in [0.2, 0.25) is 0 Å². The Labute approximate surface area is 100.0 Å². The molecule has 1 aromatic carbocycles. The lowest BCUT2D eigenvalue weighted by Gasteiger charge is -2.07. The number of fused-ring (bicyclic) bond motifs is 1. The standard InChI is InChI=1S/C10H11N3O2.C2H6/c1-5-3-6-4-12-13-9(6)7(8(5)11)10(14)15-2;1-2/h3-4H,11H2,1-2H3,(H,12,13);1-2H3. The number of aryl methyl sites for hydroxylation is 1. The molecule has 0 aliphatic rings. The van der Waals surface area contributed by atoms with E-state index in [9.17, 15) is 4.79 Å². The average molecular weight is 235 g/mol. The van der Waals surface area contributed by atoms with Gasteiger partial charge in [0.25, 0.3) is 0 Å². The number of ether oxygens (including phenoxy) is 1. The number of anilines is 1. The summed E-state index contributed by atoms with van der Waals surface area (Å²) in [5.41, 5.74) is 8.07. The number of carbonyl (C=O) groups is 1. The molecule has 0 unspecified atom stereocenters. The summed E-state index contributed by atoms with van der Waals surface area (Å²) in [4.78, 5) is 11.5. The molecule has 0 amide bonds. The van der Waals surface area contributed by atoms with Crippen LogP contribution in [0.15, 0.2) is 12.3 Å². The number of H-pyrrole nitrogens is 1. The Morgan fingerprint density at radius 2 is 2.12 bits per heavy atom. The van der Waals surface area contributed by atoms with Gasteiger partial charge < -0.3 is 10.5 Å². The number of rotatable bonds is 1. The molecule has 0 saturated carbocycles. The van der Waals surface area contributed by atoms with Crippen LogP contribution in [-0.2, 0) is 4.74 Å². The number of nitrogens with zero attached hydrogens (tertiary/aromatic N) is 1. The Hall–Kier alpha value is -2.04. The van der Waals surface area contributed by atoms with Crippen LogP contribution in [0.4, 0.5) is 5.69 Å². The van der Waals surface area contributed by atoms with Gasteiger partial charge in [0, 0.05) is 5.39 Å². The third-order valence-electron chi connectivity index (χ3n) is 2.37. The molecule has 1 aromatic heterocycles. The van der Waals surface area contributed by atoms with Crippen LogP contribution in [0.5, 0.6) is 0 Å². The normalized spacial score (nSPS) is 9.65. The van der Waals surface area contributed by atoms with Crippen molar-refractivity contribution in [2.45, 2.75) is 20.8 Å². The number of methoxy groups -OCH3 is 1. The first-order valence-corrected chi connectivity index (χ1v) is 5.45. The maximum atomic E-state index is 11.5. The van der Waals surface area contributed by atoms with Crippen LogP contribution in [0.2, 0.25) is 0 Å². The van der Waals surface area contributed by atoms with E-state index in [1.54, 1.807) is 6.20 Å². The van der Waals surface area contributed by atoms with Gasteiger partial charge in [0.1, 0.15) is 5.56 Å². The molecule has 5 heteroatoms. The van der Waals surface area contributed by atoms with Crippen molar-refractivity contribution in [2.75, 3.05) is 12.8 Å². The second-order valence-corrected chi connectivity index (χ2v) is 3.31. The second kappa shape index (κ2) is 5.34. The lowest BCUT2D eigenvalue weighted by molar-refractivity contribution is 0.0604. The molecular weight excluding hydrogens is 218 g/mol. The summed E-state index contributed by atoms with van der Waals surface area (Å²) in [7, 11) is 1.33. The zero-order chi connectivity index (χ0) is 13.0. The van der Waals surface area contributed by atoms with E-state index in [1.165, 1.54) is 7.11 Å². The Balaban J connectivity index is 0.000000686. The number of nitrogens with two attached hydrogens (primary N) is 1. The number of hydrogen-bond donors (Lipinski definition) is 2. The van der Waals surface area contributed by atoms with Gasteiger partial charge >= 0.3 is 5.97 Å². The molecule has 0 bridgehead atoms. The number of esters is 1. The Kier molecular flexibility index (Phi) is 4.09. The predicted molar refractivity (Wildman–Crippen MR) is 67.9 cm³/mol. The molecule has 2 rings (SSSR count). The molecule has 92 valence electrons. The van der Waals surface area contributed by atoms with Crippen molar-refractivity contribution < 1.29 is 9.53 Å². The van der Waals surface area contributed by atoms with Crippen LogP contribution in [-0.4, -0.2) is 23.3 Å². The van der Waals surface area contributed by atoms with Crippen LogP contribution < -0.4 is 5.73 Å². The Morgan fingerprint density at radius 1 is 1.47 bits per heavy atom. The lowest BCUT2D eigenvalue weighted by atomic mass is 10.0. The van der Waals surface area contributed by atoms with Gasteiger partial charge in [-0.1, -0.05) is 13.8 Å². The third kappa shape index (κ3) is 2.22. The minimum absolute atomic E-state index is 0.352. The number of aromatic amines is 1. The van der Waals surface area contributed by atoms with Gasteiger partial charge in [-0.3, -0.25) is 5.10 Å². The summed E-state index contributed by atoms with van der Waals surface area (Å²) in [6, 6.07) is 1.88. The van der Waals surface area contributed by atoms with Crippen molar-refractivity contribution >= 4 is 22.6 Å². The molecule has 0 fully saturated rings. The minimum Gasteiger partial charge on any atom is -0.465 e. The molecule has 0 spiro atoms. The molecular formula is C12H17N3O2. The fourth-order valence-corrected chi connectivity index (χ4v) is 1.56. The zero-order valence-electron chi connectivity index (χ0n) is 10.5. The number of aromatic nitrogens is 2. The highest BCUT2D eigenvalue weighted by Crippen LogP contribution is 2.26. The van der Waals surface area contributed by atoms with Crippen molar-refractivity contribution in [3.8, 4) is 0 Å². The van der Waals surface area contributed by atoms with E-state index in [0.29, 0.717) is 16.8 Å². The molecule has 1 heterocycles. The first-order chi connectivity index (χ1) is 8.15. The van der Waals surface area contributed by atoms with E-state index < -0.39 is 5.97 Å². The SMILES string of the molecule is CC.COC(=O)c1c(N)c(C)cc2cn[nH]c12. The van der Waals surface area contributed by atoms with Gasteiger partial charge in [0.05, 0.1) is 24.5 Å². The zero-order valence-corrected chi connectivity index (χ0v) is 10.5. The topological polar surface area (TPSA) is 81.0 Å². The lowest BCUT2D eigenvalue weighted by Crippen LogP contribution is -2.08. The van der Waals surface area contributed by atoms with Crippen LogP contribution in [0.25, 0.3) is 10.9 Å². The van der Waals surface area contributed by atoms with Crippen molar-refractivity contribution in [2.24, 2.45) is 0 Å². The molecule has 0 radical (unpaired) electrons. The van der Waals surface area contributed by atoms with E-state index in [4.69, 9.17) is 5.73 Å². The first kappa shape index (κ1) is 13.0. The number of nitrogens with one attached hydrogen (secondary N) is 1. The van der Waals surface area contributed by atoms with Gasteiger partial charge in [-0.05, 0) is 18.6 Å². The summed E-state index contributed by atoms with van der Waals surface area (Å²) >= 11 is 0. The average Bonchev–Trinajstić information content (AvgIpc) is 2.80.